The minimum atomic E-state index is 0.0284. The van der Waals surface area contributed by atoms with Crippen LogP contribution in [0.4, 0.5) is 11.4 Å². The molecule has 3 aliphatic rings. The van der Waals surface area contributed by atoms with Crippen LogP contribution in [-0.2, 0) is 17.7 Å². The van der Waals surface area contributed by atoms with Crippen molar-refractivity contribution in [1.29, 1.82) is 0 Å². The van der Waals surface area contributed by atoms with Crippen molar-refractivity contribution in [1.82, 2.24) is 5.32 Å². The summed E-state index contributed by atoms with van der Waals surface area (Å²) in [5.41, 5.74) is 4.64. The first kappa shape index (κ1) is 21.1. The molecule has 5 nitrogen and oxygen atoms in total. The maximum atomic E-state index is 6.75. The van der Waals surface area contributed by atoms with E-state index in [2.05, 4.69) is 33.7 Å². The topological polar surface area (TPSA) is 48.9 Å². The van der Waals surface area contributed by atoms with Gasteiger partial charge in [0.1, 0.15) is 5.84 Å². The molecular weight excluding hydrogens is 431 g/mol. The molecule has 5 rings (SSSR count). The Morgan fingerprint density at radius 1 is 1.06 bits per heavy atom. The lowest BCUT2D eigenvalue weighted by atomic mass is 9.70. The lowest BCUT2D eigenvalue weighted by Gasteiger charge is -2.43. The van der Waals surface area contributed by atoms with Gasteiger partial charge in [-0.05, 0) is 67.7 Å². The number of nitrogens with zero attached hydrogens (tertiary/aromatic N) is 2. The number of nitrogens with one attached hydrogen (secondary N) is 2. The smallest absolute Gasteiger partial charge is 0.108 e. The third kappa shape index (κ3) is 4.42. The molecule has 1 spiro atoms. The predicted octanol–water partition coefficient (Wildman–Crippen LogP) is 4.77. The fourth-order valence-corrected chi connectivity index (χ4v) is 5.47. The molecule has 0 amide bonds. The molecule has 2 N–H and O–H groups in total. The summed E-state index contributed by atoms with van der Waals surface area (Å²) in [4.78, 5) is 7.40. The molecule has 3 aliphatic heterocycles. The van der Waals surface area contributed by atoms with E-state index in [-0.39, 0.29) is 5.41 Å². The zero-order valence-corrected chi connectivity index (χ0v) is 19.1. The highest BCUT2D eigenvalue weighted by molar-refractivity contribution is 6.33. The normalized spacial score (nSPS) is 21.7. The monoisotopic (exact) mass is 458 g/mol. The second kappa shape index (κ2) is 8.99. The van der Waals surface area contributed by atoms with Crippen LogP contribution in [0.1, 0.15) is 24.0 Å². The SMILES string of the molecule is Clc1cccc(CN=C2Nc3cc(N4CCOCC4)c(Cl)cc3CC23CCNCC3)c1. The summed E-state index contributed by atoms with van der Waals surface area (Å²) in [6, 6.07) is 12.3. The Morgan fingerprint density at radius 2 is 1.87 bits per heavy atom. The number of morpholine rings is 1. The Labute approximate surface area is 193 Å². The number of aliphatic imine (C=N–C) groups is 1. The van der Waals surface area contributed by atoms with Crippen molar-refractivity contribution in [3.8, 4) is 0 Å². The average Bonchev–Trinajstić information content (AvgIpc) is 2.79. The molecule has 2 saturated heterocycles. The first-order valence-corrected chi connectivity index (χ1v) is 11.8. The molecule has 2 aromatic carbocycles. The standard InChI is InChI=1S/C24H28Cl2N4O/c25-19-3-1-2-17(12-19)16-28-23-24(4-6-27-7-5-24)15-18-13-20(26)22(14-21(18)29-23)30-8-10-31-11-9-30/h1-3,12-14,27H,4-11,15-16H2,(H,28,29). The summed E-state index contributed by atoms with van der Waals surface area (Å²) in [6.07, 6.45) is 3.10. The van der Waals surface area contributed by atoms with Crippen LogP contribution >= 0.6 is 23.2 Å². The lowest BCUT2D eigenvalue weighted by molar-refractivity contribution is 0.122. The van der Waals surface area contributed by atoms with Gasteiger partial charge in [-0.15, -0.1) is 0 Å². The molecule has 164 valence electrons. The lowest BCUT2D eigenvalue weighted by Crippen LogP contribution is -2.48. The predicted molar refractivity (Wildman–Crippen MR) is 129 cm³/mol. The van der Waals surface area contributed by atoms with Crippen LogP contribution in [0.2, 0.25) is 10.0 Å². The second-order valence-corrected chi connectivity index (χ2v) is 9.53. The fraction of sp³-hybridized carbons (Fsp3) is 0.458. The van der Waals surface area contributed by atoms with Crippen LogP contribution in [0.3, 0.4) is 0 Å². The van der Waals surface area contributed by atoms with Crippen molar-refractivity contribution >= 4 is 40.4 Å². The highest BCUT2D eigenvalue weighted by Crippen LogP contribution is 2.44. The third-order valence-corrected chi connectivity index (χ3v) is 7.22. The molecule has 0 aliphatic carbocycles. The van der Waals surface area contributed by atoms with Crippen LogP contribution < -0.4 is 15.5 Å². The number of piperidine rings is 1. The number of benzene rings is 2. The Bertz CT molecular complexity index is 982. The van der Waals surface area contributed by atoms with E-state index in [1.165, 1.54) is 5.56 Å². The summed E-state index contributed by atoms with van der Waals surface area (Å²) >= 11 is 12.9. The Kier molecular flexibility index (Phi) is 6.11. The summed E-state index contributed by atoms with van der Waals surface area (Å²) in [7, 11) is 0. The van der Waals surface area contributed by atoms with Gasteiger partial charge in [0, 0.05) is 29.2 Å². The zero-order chi connectivity index (χ0) is 21.3. The van der Waals surface area contributed by atoms with Crippen LogP contribution in [0, 0.1) is 5.41 Å². The quantitative estimate of drug-likeness (QED) is 0.695. The van der Waals surface area contributed by atoms with Gasteiger partial charge in [-0.25, -0.2) is 0 Å². The van der Waals surface area contributed by atoms with E-state index in [1.54, 1.807) is 0 Å². The summed E-state index contributed by atoms with van der Waals surface area (Å²) in [5.74, 6) is 1.09. The van der Waals surface area contributed by atoms with Gasteiger partial charge >= 0.3 is 0 Å². The first-order chi connectivity index (χ1) is 15.1. The number of anilines is 2. The largest absolute Gasteiger partial charge is 0.378 e. The van der Waals surface area contributed by atoms with E-state index in [0.717, 1.165) is 91.5 Å². The molecular formula is C24H28Cl2N4O. The first-order valence-electron chi connectivity index (χ1n) is 11.1. The van der Waals surface area contributed by atoms with Crippen LogP contribution in [0.25, 0.3) is 0 Å². The van der Waals surface area contributed by atoms with E-state index in [0.29, 0.717) is 6.54 Å². The molecule has 3 heterocycles. The van der Waals surface area contributed by atoms with Gasteiger partial charge in [0.2, 0.25) is 0 Å². The number of hydrogen-bond acceptors (Lipinski definition) is 4. The van der Waals surface area contributed by atoms with Crippen molar-refractivity contribution in [2.45, 2.75) is 25.8 Å². The number of fused-ring (bicyclic) bond motifs is 1. The number of ether oxygens (including phenoxy) is 1. The molecule has 0 bridgehead atoms. The molecule has 2 fully saturated rings. The number of amidine groups is 1. The van der Waals surface area contributed by atoms with Gasteiger partial charge in [-0.1, -0.05) is 35.3 Å². The van der Waals surface area contributed by atoms with Crippen molar-refractivity contribution in [3.63, 3.8) is 0 Å². The molecule has 2 aromatic rings. The van der Waals surface area contributed by atoms with E-state index in [4.69, 9.17) is 32.9 Å². The van der Waals surface area contributed by atoms with Crippen LogP contribution in [0.15, 0.2) is 41.4 Å². The minimum absolute atomic E-state index is 0.0284. The molecule has 31 heavy (non-hydrogen) atoms. The molecule has 0 aromatic heterocycles. The van der Waals surface area contributed by atoms with Crippen molar-refractivity contribution < 1.29 is 4.74 Å². The van der Waals surface area contributed by atoms with Crippen LogP contribution in [0.5, 0.6) is 0 Å². The number of halogens is 2. The van der Waals surface area contributed by atoms with Crippen molar-refractivity contribution in [3.05, 3.63) is 57.6 Å². The molecule has 0 atom stereocenters. The summed E-state index contributed by atoms with van der Waals surface area (Å²) in [5, 5.41) is 8.80. The average molecular weight is 459 g/mol. The molecule has 0 saturated carbocycles. The van der Waals surface area contributed by atoms with E-state index in [1.807, 2.05) is 18.2 Å². The fourth-order valence-electron chi connectivity index (χ4n) is 4.95. The Balaban J connectivity index is 1.48. The highest BCUT2D eigenvalue weighted by atomic mass is 35.5. The van der Waals surface area contributed by atoms with Crippen molar-refractivity contribution in [2.75, 3.05) is 49.6 Å². The maximum Gasteiger partial charge on any atom is 0.108 e. The van der Waals surface area contributed by atoms with Crippen LogP contribution in [-0.4, -0.2) is 45.2 Å². The number of hydrogen-bond donors (Lipinski definition) is 2. The zero-order valence-electron chi connectivity index (χ0n) is 17.6. The van der Waals surface area contributed by atoms with E-state index < -0.39 is 0 Å². The minimum Gasteiger partial charge on any atom is -0.378 e. The maximum absolute atomic E-state index is 6.75. The van der Waals surface area contributed by atoms with E-state index in [9.17, 15) is 0 Å². The second-order valence-electron chi connectivity index (χ2n) is 8.69. The van der Waals surface area contributed by atoms with Gasteiger partial charge in [-0.3, -0.25) is 4.99 Å². The Hall–Kier alpha value is -1.79. The molecule has 7 heteroatoms. The van der Waals surface area contributed by atoms with Gasteiger partial charge in [0.25, 0.3) is 0 Å². The molecule has 0 radical (unpaired) electrons. The summed E-state index contributed by atoms with van der Waals surface area (Å²) < 4.78 is 5.51. The van der Waals surface area contributed by atoms with Gasteiger partial charge in [-0.2, -0.15) is 0 Å². The van der Waals surface area contributed by atoms with Gasteiger partial charge in [0.15, 0.2) is 0 Å². The van der Waals surface area contributed by atoms with Gasteiger partial charge in [0.05, 0.1) is 30.5 Å². The third-order valence-electron chi connectivity index (χ3n) is 6.68. The number of rotatable bonds is 3. The van der Waals surface area contributed by atoms with Crippen molar-refractivity contribution in [2.24, 2.45) is 10.4 Å². The van der Waals surface area contributed by atoms with Gasteiger partial charge < -0.3 is 20.3 Å². The Morgan fingerprint density at radius 3 is 2.65 bits per heavy atom. The highest BCUT2D eigenvalue weighted by Gasteiger charge is 2.41. The summed E-state index contributed by atoms with van der Waals surface area (Å²) in [6.45, 7) is 5.84. The molecule has 0 unspecified atom stereocenters. The van der Waals surface area contributed by atoms with E-state index >= 15 is 0 Å².